The van der Waals surface area contributed by atoms with Crippen LogP contribution < -0.4 is 0 Å². The molecule has 0 aromatic rings. The zero-order chi connectivity index (χ0) is 27.3. The van der Waals surface area contributed by atoms with Gasteiger partial charge in [0.1, 0.15) is 0 Å². The maximum absolute atomic E-state index is 12.8. The van der Waals surface area contributed by atoms with Crippen LogP contribution in [0.15, 0.2) is 0 Å². The highest BCUT2D eigenvalue weighted by atomic mass is 16.8. The summed E-state index contributed by atoms with van der Waals surface area (Å²) < 4.78 is 17.3. The van der Waals surface area contributed by atoms with Crippen molar-refractivity contribution in [2.75, 3.05) is 6.61 Å². The van der Waals surface area contributed by atoms with Gasteiger partial charge in [-0.05, 0) is 19.3 Å². The van der Waals surface area contributed by atoms with Crippen molar-refractivity contribution in [3.63, 3.8) is 0 Å². The van der Waals surface area contributed by atoms with E-state index in [1.165, 1.54) is 0 Å². The van der Waals surface area contributed by atoms with Crippen LogP contribution >= 0.6 is 0 Å². The highest BCUT2D eigenvalue weighted by molar-refractivity contribution is 5.73. The lowest BCUT2D eigenvalue weighted by atomic mass is 9.85. The maximum atomic E-state index is 12.8. The van der Waals surface area contributed by atoms with E-state index in [9.17, 15) is 14.4 Å². The maximum Gasteiger partial charge on any atom is 0.309 e. The molecule has 0 rings (SSSR count). The highest BCUT2D eigenvalue weighted by Crippen LogP contribution is 2.37. The SMILES string of the molecule is CCCCCCCC(=O)OCC(OC(=O)CCCCCCC)(OC(=O)CCCCCCC)C(C)(C)C. The summed E-state index contributed by atoms with van der Waals surface area (Å²) in [4.78, 5) is 38.1. The van der Waals surface area contributed by atoms with Gasteiger partial charge in [0, 0.05) is 24.7 Å². The van der Waals surface area contributed by atoms with Crippen LogP contribution in [-0.4, -0.2) is 30.3 Å². The van der Waals surface area contributed by atoms with Crippen molar-refractivity contribution in [3.8, 4) is 0 Å². The molecule has 0 aliphatic rings. The molecule has 0 bridgehead atoms. The van der Waals surface area contributed by atoms with E-state index in [0.717, 1.165) is 96.3 Å². The van der Waals surface area contributed by atoms with Gasteiger partial charge in [-0.25, -0.2) is 0 Å². The summed E-state index contributed by atoms with van der Waals surface area (Å²) in [5.74, 6) is -2.85. The van der Waals surface area contributed by atoms with E-state index in [1.807, 2.05) is 20.8 Å². The first-order valence-electron chi connectivity index (χ1n) is 14.7. The van der Waals surface area contributed by atoms with E-state index in [-0.39, 0.29) is 25.4 Å². The van der Waals surface area contributed by atoms with Gasteiger partial charge in [0.25, 0.3) is 5.79 Å². The summed E-state index contributed by atoms with van der Waals surface area (Å²) in [6, 6.07) is 0. The Morgan fingerprint density at radius 2 is 0.833 bits per heavy atom. The van der Waals surface area contributed by atoms with Crippen LogP contribution in [-0.2, 0) is 28.6 Å². The molecular formula is C30H56O6. The molecular weight excluding hydrogens is 456 g/mol. The van der Waals surface area contributed by atoms with Crippen molar-refractivity contribution >= 4 is 17.9 Å². The van der Waals surface area contributed by atoms with Crippen LogP contribution in [0.2, 0.25) is 0 Å². The van der Waals surface area contributed by atoms with Crippen molar-refractivity contribution in [2.24, 2.45) is 5.41 Å². The molecule has 0 amide bonds. The van der Waals surface area contributed by atoms with Gasteiger partial charge >= 0.3 is 17.9 Å². The van der Waals surface area contributed by atoms with Gasteiger partial charge in [-0.1, -0.05) is 119 Å². The molecule has 0 spiro atoms. The zero-order valence-electron chi connectivity index (χ0n) is 24.4. The molecule has 0 aromatic carbocycles. The first kappa shape index (κ1) is 34.4. The molecule has 0 aliphatic carbocycles. The third-order valence-electron chi connectivity index (χ3n) is 6.58. The molecule has 212 valence electrons. The van der Waals surface area contributed by atoms with Crippen LogP contribution in [0.25, 0.3) is 0 Å². The smallest absolute Gasteiger partial charge is 0.309 e. The Kier molecular flexibility index (Phi) is 19.6. The fourth-order valence-corrected chi connectivity index (χ4v) is 3.94. The number of hydrogen-bond acceptors (Lipinski definition) is 6. The van der Waals surface area contributed by atoms with Crippen LogP contribution in [0, 0.1) is 5.41 Å². The predicted molar refractivity (Wildman–Crippen MR) is 145 cm³/mol. The molecule has 0 saturated carbocycles. The highest BCUT2D eigenvalue weighted by Gasteiger charge is 2.51. The predicted octanol–water partition coefficient (Wildman–Crippen LogP) is 8.44. The van der Waals surface area contributed by atoms with Gasteiger partial charge in [-0.15, -0.1) is 0 Å². The van der Waals surface area contributed by atoms with Gasteiger partial charge in [0.05, 0.1) is 0 Å². The molecule has 0 radical (unpaired) electrons. The summed E-state index contributed by atoms with van der Waals surface area (Å²) in [6.45, 7) is 11.7. The van der Waals surface area contributed by atoms with Gasteiger partial charge in [0.2, 0.25) is 0 Å². The third kappa shape index (κ3) is 16.2. The quantitative estimate of drug-likeness (QED) is 0.0822. The standard InChI is InChI=1S/C30H56O6/c1-7-10-13-16-19-22-26(31)34-25-30(29(4,5)6,35-27(32)23-20-17-14-11-8-2)36-28(33)24-21-18-15-12-9-3/h7-25H2,1-6H3. The van der Waals surface area contributed by atoms with E-state index in [2.05, 4.69) is 20.8 Å². The Hall–Kier alpha value is -1.59. The van der Waals surface area contributed by atoms with Crippen molar-refractivity contribution in [1.82, 2.24) is 0 Å². The van der Waals surface area contributed by atoms with Crippen LogP contribution in [0.4, 0.5) is 0 Å². The summed E-state index contributed by atoms with van der Waals surface area (Å²) in [5, 5.41) is 0. The molecule has 6 heteroatoms. The zero-order valence-corrected chi connectivity index (χ0v) is 24.4. The first-order chi connectivity index (χ1) is 17.1. The molecule has 0 fully saturated rings. The van der Waals surface area contributed by atoms with Crippen LogP contribution in [0.5, 0.6) is 0 Å². The second-order valence-electron chi connectivity index (χ2n) is 11.1. The average Bonchev–Trinajstić information content (AvgIpc) is 2.81. The van der Waals surface area contributed by atoms with Crippen molar-refractivity contribution < 1.29 is 28.6 Å². The minimum atomic E-state index is -1.65. The molecule has 0 aromatic heterocycles. The van der Waals surface area contributed by atoms with Gasteiger partial charge in [-0.3, -0.25) is 14.4 Å². The fraction of sp³-hybridized carbons (Fsp3) is 0.900. The normalized spacial score (nSPS) is 11.8. The Labute approximate surface area is 221 Å². The number of esters is 3. The lowest BCUT2D eigenvalue weighted by Gasteiger charge is -2.41. The summed E-state index contributed by atoms with van der Waals surface area (Å²) in [5.41, 5.74) is -0.774. The lowest BCUT2D eigenvalue weighted by Crippen LogP contribution is -2.54. The van der Waals surface area contributed by atoms with Crippen molar-refractivity contribution in [1.29, 1.82) is 0 Å². The minimum absolute atomic E-state index is 0.251. The van der Waals surface area contributed by atoms with Crippen LogP contribution in [0.1, 0.15) is 157 Å². The molecule has 0 unspecified atom stereocenters. The van der Waals surface area contributed by atoms with Gasteiger partial charge in [-0.2, -0.15) is 0 Å². The summed E-state index contributed by atoms with van der Waals surface area (Å²) in [7, 11) is 0. The third-order valence-corrected chi connectivity index (χ3v) is 6.58. The molecule has 6 nitrogen and oxygen atoms in total. The Morgan fingerprint density at radius 1 is 0.500 bits per heavy atom. The topological polar surface area (TPSA) is 78.9 Å². The number of unbranched alkanes of at least 4 members (excludes halogenated alkanes) is 12. The lowest BCUT2D eigenvalue weighted by molar-refractivity contribution is -0.280. The molecule has 0 N–H and O–H groups in total. The number of carbonyl (C=O) groups is 3. The monoisotopic (exact) mass is 512 g/mol. The summed E-state index contributed by atoms with van der Waals surface area (Å²) in [6.07, 6.45) is 16.0. The average molecular weight is 513 g/mol. The Bertz CT molecular complexity index is 565. The second kappa shape index (κ2) is 20.5. The largest absolute Gasteiger partial charge is 0.457 e. The van der Waals surface area contributed by atoms with E-state index >= 15 is 0 Å². The van der Waals surface area contributed by atoms with E-state index in [0.29, 0.717) is 6.42 Å². The van der Waals surface area contributed by atoms with E-state index in [4.69, 9.17) is 14.2 Å². The Morgan fingerprint density at radius 3 is 1.17 bits per heavy atom. The van der Waals surface area contributed by atoms with Gasteiger partial charge < -0.3 is 14.2 Å². The number of carbonyl (C=O) groups excluding carboxylic acids is 3. The van der Waals surface area contributed by atoms with Crippen molar-refractivity contribution in [3.05, 3.63) is 0 Å². The first-order valence-corrected chi connectivity index (χ1v) is 14.7. The van der Waals surface area contributed by atoms with Crippen molar-refractivity contribution in [2.45, 2.75) is 163 Å². The molecule has 0 saturated heterocycles. The van der Waals surface area contributed by atoms with E-state index in [1.54, 1.807) is 0 Å². The number of rotatable bonds is 22. The molecule has 36 heavy (non-hydrogen) atoms. The minimum Gasteiger partial charge on any atom is -0.457 e. The summed E-state index contributed by atoms with van der Waals surface area (Å²) >= 11 is 0. The fourth-order valence-electron chi connectivity index (χ4n) is 3.94. The van der Waals surface area contributed by atoms with Crippen LogP contribution in [0.3, 0.4) is 0 Å². The molecule has 0 atom stereocenters. The number of hydrogen-bond donors (Lipinski definition) is 0. The Balaban J connectivity index is 5.24. The second-order valence-corrected chi connectivity index (χ2v) is 11.1. The number of ether oxygens (including phenoxy) is 3. The molecule has 0 heterocycles. The van der Waals surface area contributed by atoms with Gasteiger partial charge in [0.15, 0.2) is 6.61 Å². The van der Waals surface area contributed by atoms with E-state index < -0.39 is 23.1 Å². The molecule has 0 aliphatic heterocycles.